The molecule has 0 aliphatic heterocycles. The predicted molar refractivity (Wildman–Crippen MR) is 108 cm³/mol. The van der Waals surface area contributed by atoms with Crippen LogP contribution in [0.2, 0.25) is 0 Å². The van der Waals surface area contributed by atoms with Crippen molar-refractivity contribution in [1.82, 2.24) is 20.5 Å². The summed E-state index contributed by atoms with van der Waals surface area (Å²) in [7, 11) is 0. The van der Waals surface area contributed by atoms with Crippen LogP contribution in [-0.4, -0.2) is 33.1 Å². The third-order valence-corrected chi connectivity index (χ3v) is 4.51. The molecule has 0 bridgehead atoms. The van der Waals surface area contributed by atoms with Crippen LogP contribution < -0.4 is 10.7 Å². The van der Waals surface area contributed by atoms with Gasteiger partial charge < -0.3 is 5.32 Å². The molecule has 3 aromatic rings. The fraction of sp³-hybridized carbons (Fsp3) is 0.158. The minimum absolute atomic E-state index is 0.0454. The maximum Gasteiger partial charge on any atom is 0.240 e. The van der Waals surface area contributed by atoms with Gasteiger partial charge in [0.25, 0.3) is 0 Å². The molecule has 27 heavy (non-hydrogen) atoms. The molecular formula is C19H20N6OS. The summed E-state index contributed by atoms with van der Waals surface area (Å²) < 4.78 is 0. The van der Waals surface area contributed by atoms with E-state index in [1.54, 1.807) is 6.21 Å². The molecule has 0 radical (unpaired) electrons. The average Bonchev–Trinajstić information content (AvgIpc) is 3.16. The highest BCUT2D eigenvalue weighted by Gasteiger charge is 2.11. The number of nitrogens with zero attached hydrogens (tertiary/aromatic N) is 3. The van der Waals surface area contributed by atoms with Gasteiger partial charge in [-0.2, -0.15) is 10.1 Å². The van der Waals surface area contributed by atoms with Gasteiger partial charge in [-0.05, 0) is 18.1 Å². The van der Waals surface area contributed by atoms with Gasteiger partial charge in [-0.1, -0.05) is 72.4 Å². The molecule has 138 valence electrons. The monoisotopic (exact) mass is 380 g/mol. The molecule has 0 aliphatic carbocycles. The summed E-state index contributed by atoms with van der Waals surface area (Å²) >= 11 is 1.26. The number of rotatable bonds is 8. The number of aromatic nitrogens is 3. The number of H-pyrrole nitrogens is 1. The number of carbonyl (C=O) groups excluding carboxylic acids is 1. The van der Waals surface area contributed by atoms with Crippen LogP contribution in [0.4, 0.5) is 5.95 Å². The highest BCUT2D eigenvalue weighted by atomic mass is 32.2. The van der Waals surface area contributed by atoms with Crippen molar-refractivity contribution in [3.05, 3.63) is 71.8 Å². The SMILES string of the molecule is C[C@@H](NC(=O)CSc1n[nH]c(N/N=C\c2ccccc2)n1)c1ccccc1. The number of aromatic amines is 1. The van der Waals surface area contributed by atoms with Crippen molar-refractivity contribution in [3.8, 4) is 0 Å². The van der Waals surface area contributed by atoms with Gasteiger partial charge >= 0.3 is 0 Å². The number of thioether (sulfide) groups is 1. The van der Waals surface area contributed by atoms with Gasteiger partial charge in [-0.3, -0.25) is 4.79 Å². The van der Waals surface area contributed by atoms with Gasteiger partial charge in [0.2, 0.25) is 17.0 Å². The lowest BCUT2D eigenvalue weighted by atomic mass is 10.1. The van der Waals surface area contributed by atoms with Crippen molar-refractivity contribution in [1.29, 1.82) is 0 Å². The Hall–Kier alpha value is -3.13. The number of hydrazone groups is 1. The second-order valence-electron chi connectivity index (χ2n) is 5.74. The van der Waals surface area contributed by atoms with Crippen molar-refractivity contribution >= 4 is 29.8 Å². The Kier molecular flexibility index (Phi) is 6.59. The molecule has 1 aromatic heterocycles. The van der Waals surface area contributed by atoms with Gasteiger partial charge in [0.1, 0.15) is 0 Å². The molecule has 0 fully saturated rings. The van der Waals surface area contributed by atoms with Crippen molar-refractivity contribution in [3.63, 3.8) is 0 Å². The molecule has 0 saturated carbocycles. The number of nitrogens with one attached hydrogen (secondary N) is 3. The van der Waals surface area contributed by atoms with E-state index in [0.717, 1.165) is 11.1 Å². The summed E-state index contributed by atoms with van der Waals surface area (Å²) in [5, 5.41) is 14.3. The lowest BCUT2D eigenvalue weighted by Crippen LogP contribution is -2.28. The lowest BCUT2D eigenvalue weighted by molar-refractivity contribution is -0.119. The quantitative estimate of drug-likeness (QED) is 0.317. The Labute approximate surface area is 161 Å². The Balaban J connectivity index is 1.44. The maximum atomic E-state index is 12.1. The summed E-state index contributed by atoms with van der Waals surface area (Å²) in [5.74, 6) is 0.586. The van der Waals surface area contributed by atoms with Gasteiger partial charge in [0.15, 0.2) is 0 Å². The van der Waals surface area contributed by atoms with Gasteiger partial charge in [0.05, 0.1) is 18.0 Å². The molecule has 7 nitrogen and oxygen atoms in total. The first kappa shape index (κ1) is 18.7. The van der Waals surface area contributed by atoms with Crippen LogP contribution in [0, 0.1) is 0 Å². The van der Waals surface area contributed by atoms with Crippen LogP contribution in [0.3, 0.4) is 0 Å². The van der Waals surface area contributed by atoms with Crippen LogP contribution in [0.15, 0.2) is 70.9 Å². The fourth-order valence-corrected chi connectivity index (χ4v) is 2.92. The highest BCUT2D eigenvalue weighted by Crippen LogP contribution is 2.15. The van der Waals surface area contributed by atoms with E-state index < -0.39 is 0 Å². The van der Waals surface area contributed by atoms with Gasteiger partial charge in [-0.25, -0.2) is 10.5 Å². The van der Waals surface area contributed by atoms with Crippen LogP contribution >= 0.6 is 11.8 Å². The standard InChI is InChI=1S/C19H20N6OS/c1-14(16-10-6-3-7-11-16)21-17(26)13-27-19-22-18(24-25-19)23-20-12-15-8-4-2-5-9-15/h2-12,14H,13H2,1H3,(H,21,26)(H2,22,23,24,25)/b20-12-/t14-/m1/s1. The minimum atomic E-state index is -0.0715. The van der Waals surface area contributed by atoms with Crippen molar-refractivity contribution < 1.29 is 4.79 Å². The second-order valence-corrected chi connectivity index (χ2v) is 6.68. The molecule has 1 amide bonds. The first-order valence-electron chi connectivity index (χ1n) is 8.44. The first-order valence-corrected chi connectivity index (χ1v) is 9.43. The van der Waals surface area contributed by atoms with E-state index in [2.05, 4.69) is 31.0 Å². The van der Waals surface area contributed by atoms with Gasteiger partial charge in [0, 0.05) is 0 Å². The number of hydrogen-bond acceptors (Lipinski definition) is 6. The Bertz CT molecular complexity index is 881. The highest BCUT2D eigenvalue weighted by molar-refractivity contribution is 7.99. The Morgan fingerprint density at radius 3 is 2.63 bits per heavy atom. The van der Waals surface area contributed by atoms with Gasteiger partial charge in [-0.15, -0.1) is 5.10 Å². The van der Waals surface area contributed by atoms with E-state index >= 15 is 0 Å². The average molecular weight is 380 g/mol. The van der Waals surface area contributed by atoms with Crippen LogP contribution in [0.5, 0.6) is 0 Å². The van der Waals surface area contributed by atoms with Crippen molar-refractivity contribution in [2.24, 2.45) is 5.10 Å². The number of hydrogen-bond donors (Lipinski definition) is 3. The summed E-state index contributed by atoms with van der Waals surface area (Å²) in [5.41, 5.74) is 4.82. The zero-order valence-electron chi connectivity index (χ0n) is 14.8. The predicted octanol–water partition coefficient (Wildman–Crippen LogP) is 3.22. The number of benzene rings is 2. The van der Waals surface area contributed by atoms with Crippen LogP contribution in [-0.2, 0) is 4.79 Å². The first-order chi connectivity index (χ1) is 13.2. The molecule has 0 unspecified atom stereocenters. The molecule has 1 heterocycles. The Morgan fingerprint density at radius 2 is 1.89 bits per heavy atom. The third-order valence-electron chi connectivity index (χ3n) is 3.66. The molecule has 2 aromatic carbocycles. The normalized spacial score (nSPS) is 12.0. The lowest BCUT2D eigenvalue weighted by Gasteiger charge is -2.13. The topological polar surface area (TPSA) is 95.1 Å². The van der Waals surface area contributed by atoms with E-state index in [9.17, 15) is 4.79 Å². The zero-order valence-corrected chi connectivity index (χ0v) is 15.6. The van der Waals surface area contributed by atoms with E-state index in [1.807, 2.05) is 67.6 Å². The van der Waals surface area contributed by atoms with Crippen LogP contribution in [0.25, 0.3) is 0 Å². The number of amides is 1. The summed E-state index contributed by atoms with van der Waals surface area (Å²) in [4.78, 5) is 16.3. The van der Waals surface area contributed by atoms with E-state index in [-0.39, 0.29) is 17.7 Å². The molecule has 3 N–H and O–H groups in total. The van der Waals surface area contributed by atoms with E-state index in [0.29, 0.717) is 11.1 Å². The van der Waals surface area contributed by atoms with E-state index in [4.69, 9.17) is 0 Å². The van der Waals surface area contributed by atoms with Crippen molar-refractivity contribution in [2.75, 3.05) is 11.2 Å². The van der Waals surface area contributed by atoms with E-state index in [1.165, 1.54) is 11.8 Å². The molecule has 3 rings (SSSR count). The minimum Gasteiger partial charge on any atom is -0.349 e. The second kappa shape index (κ2) is 9.54. The summed E-state index contributed by atoms with van der Waals surface area (Å²) in [6, 6.07) is 19.5. The smallest absolute Gasteiger partial charge is 0.240 e. The number of carbonyl (C=O) groups is 1. The molecule has 0 aliphatic rings. The molecule has 0 spiro atoms. The number of anilines is 1. The third kappa shape index (κ3) is 5.96. The fourth-order valence-electron chi connectivity index (χ4n) is 2.31. The van der Waals surface area contributed by atoms with Crippen LogP contribution in [0.1, 0.15) is 24.1 Å². The Morgan fingerprint density at radius 1 is 1.19 bits per heavy atom. The molecule has 8 heteroatoms. The summed E-state index contributed by atoms with van der Waals surface area (Å²) in [6.07, 6.45) is 1.69. The molecule has 1 atom stereocenters. The largest absolute Gasteiger partial charge is 0.349 e. The molecule has 0 saturated heterocycles. The molecular weight excluding hydrogens is 360 g/mol. The maximum absolute atomic E-state index is 12.1. The van der Waals surface area contributed by atoms with Crippen molar-refractivity contribution in [2.45, 2.75) is 18.1 Å². The summed E-state index contributed by atoms with van der Waals surface area (Å²) in [6.45, 7) is 1.96. The zero-order chi connectivity index (χ0) is 18.9.